The Balaban J connectivity index is 2.13. The first-order valence-electron chi connectivity index (χ1n) is 7.12. The summed E-state index contributed by atoms with van der Waals surface area (Å²) in [5.41, 5.74) is 2.48. The quantitative estimate of drug-likeness (QED) is 0.864. The fourth-order valence-corrected chi connectivity index (χ4v) is 2.92. The van der Waals surface area contributed by atoms with Crippen LogP contribution in [0.2, 0.25) is 0 Å². The number of hydrogen-bond donors (Lipinski definition) is 1. The molecule has 1 aliphatic heterocycles. The van der Waals surface area contributed by atoms with E-state index < -0.39 is 6.09 Å². The minimum atomic E-state index is -0.415. The highest BCUT2D eigenvalue weighted by Crippen LogP contribution is 2.27. The molecular weight excluding hydrogens is 266 g/mol. The summed E-state index contributed by atoms with van der Waals surface area (Å²) in [6.07, 6.45) is 0.447. The van der Waals surface area contributed by atoms with Gasteiger partial charge in [0.1, 0.15) is 0 Å². The molecule has 0 aromatic heterocycles. The molecule has 1 N–H and O–H groups in total. The third kappa shape index (κ3) is 4.20. The number of methoxy groups -OCH3 is 1. The third-order valence-corrected chi connectivity index (χ3v) is 3.84. The summed E-state index contributed by atoms with van der Waals surface area (Å²) in [5, 5.41) is 11.8. The molecule has 1 aliphatic rings. The van der Waals surface area contributed by atoms with E-state index in [9.17, 15) is 4.79 Å². The van der Waals surface area contributed by atoms with Gasteiger partial charge >= 0.3 is 6.09 Å². The number of ether oxygens (including phenoxy) is 1. The number of benzene rings is 1. The van der Waals surface area contributed by atoms with Gasteiger partial charge in [0.05, 0.1) is 19.7 Å². The molecule has 1 aromatic rings. The summed E-state index contributed by atoms with van der Waals surface area (Å²) in [5.74, 6) is 0.314. The van der Waals surface area contributed by atoms with E-state index in [-0.39, 0.29) is 6.04 Å². The summed E-state index contributed by atoms with van der Waals surface area (Å²) in [4.78, 5) is 13.5. The molecule has 0 bridgehead atoms. The Bertz CT molecular complexity index is 539. The monoisotopic (exact) mass is 287 g/mol. The molecule has 0 saturated carbocycles. The smallest absolute Gasteiger partial charge is 0.407 e. The van der Waals surface area contributed by atoms with Gasteiger partial charge < -0.3 is 10.1 Å². The van der Waals surface area contributed by atoms with Crippen LogP contribution < -0.4 is 5.32 Å². The number of alkyl carbamates (subject to hydrolysis) is 1. The Morgan fingerprint density at radius 3 is 3.00 bits per heavy atom. The maximum absolute atomic E-state index is 11.4. The molecule has 112 valence electrons. The predicted molar refractivity (Wildman–Crippen MR) is 79.9 cm³/mol. The van der Waals surface area contributed by atoms with Crippen molar-refractivity contribution in [1.29, 1.82) is 5.26 Å². The van der Waals surface area contributed by atoms with E-state index in [0.717, 1.165) is 13.0 Å². The zero-order valence-corrected chi connectivity index (χ0v) is 12.5. The lowest BCUT2D eigenvalue weighted by molar-refractivity contribution is 0.146. The number of aryl methyl sites for hydroxylation is 1. The van der Waals surface area contributed by atoms with Gasteiger partial charge in [0, 0.05) is 19.1 Å². The number of amides is 1. The second-order valence-electron chi connectivity index (χ2n) is 5.53. The van der Waals surface area contributed by atoms with Crippen molar-refractivity contribution in [3.05, 3.63) is 35.4 Å². The molecule has 5 heteroatoms. The fraction of sp³-hybridized carbons (Fsp3) is 0.500. The van der Waals surface area contributed by atoms with Crippen LogP contribution in [0.4, 0.5) is 4.79 Å². The number of carbonyl (C=O) groups is 1. The Kier molecular flexibility index (Phi) is 5.18. The van der Waals surface area contributed by atoms with Gasteiger partial charge in [0.25, 0.3) is 0 Å². The van der Waals surface area contributed by atoms with Crippen molar-refractivity contribution in [2.24, 2.45) is 0 Å². The molecule has 0 radical (unpaired) electrons. The summed E-state index contributed by atoms with van der Waals surface area (Å²) in [7, 11) is 1.36. The molecule has 0 spiro atoms. The zero-order chi connectivity index (χ0) is 15.2. The molecule has 2 unspecified atom stereocenters. The molecule has 1 fully saturated rings. The van der Waals surface area contributed by atoms with E-state index in [0.29, 0.717) is 19.0 Å². The molecule has 21 heavy (non-hydrogen) atoms. The Morgan fingerprint density at radius 1 is 1.52 bits per heavy atom. The van der Waals surface area contributed by atoms with Gasteiger partial charge in [0.2, 0.25) is 0 Å². The van der Waals surface area contributed by atoms with E-state index in [1.807, 2.05) is 0 Å². The maximum atomic E-state index is 11.4. The van der Waals surface area contributed by atoms with Crippen LogP contribution in [-0.4, -0.2) is 43.8 Å². The highest BCUT2D eigenvalue weighted by atomic mass is 16.5. The Morgan fingerprint density at radius 2 is 2.33 bits per heavy atom. The second-order valence-corrected chi connectivity index (χ2v) is 5.53. The molecular formula is C16H21N3O2. The number of nitrogens with zero attached hydrogens (tertiary/aromatic N) is 2. The van der Waals surface area contributed by atoms with Crippen LogP contribution in [0, 0.1) is 18.3 Å². The number of hydrogen-bond acceptors (Lipinski definition) is 4. The van der Waals surface area contributed by atoms with Crippen LogP contribution in [0.15, 0.2) is 24.3 Å². The normalized spacial score (nSPS) is 22.3. The van der Waals surface area contributed by atoms with Crippen molar-refractivity contribution < 1.29 is 9.53 Å². The Labute approximate surface area is 125 Å². The van der Waals surface area contributed by atoms with Crippen molar-refractivity contribution >= 4 is 6.09 Å². The number of carbonyl (C=O) groups excluding carboxylic acids is 1. The number of nitriles is 1. The first-order valence-corrected chi connectivity index (χ1v) is 7.12. The fourth-order valence-electron chi connectivity index (χ4n) is 2.92. The van der Waals surface area contributed by atoms with Crippen molar-refractivity contribution in [1.82, 2.24) is 10.2 Å². The van der Waals surface area contributed by atoms with Crippen molar-refractivity contribution in [2.75, 3.05) is 26.7 Å². The number of piperidine rings is 1. The average Bonchev–Trinajstić information content (AvgIpc) is 2.47. The number of nitrogens with one attached hydrogen (secondary N) is 1. The summed E-state index contributed by atoms with van der Waals surface area (Å²) in [6.45, 7) is 3.98. The molecule has 5 nitrogen and oxygen atoms in total. The Hall–Kier alpha value is -2.06. The van der Waals surface area contributed by atoms with Crippen molar-refractivity contribution in [2.45, 2.75) is 25.3 Å². The molecule has 1 saturated heterocycles. The second kappa shape index (κ2) is 7.09. The van der Waals surface area contributed by atoms with Crippen LogP contribution in [0.25, 0.3) is 0 Å². The molecule has 1 amide bonds. The molecule has 0 aliphatic carbocycles. The third-order valence-electron chi connectivity index (χ3n) is 3.84. The standard InChI is InChI=1S/C16H21N3O2/c1-12-4-3-5-13(8-12)14-9-15(18-16(20)21-2)11-19(10-14)7-6-17/h3-5,8,14-15H,7,9-11H2,1-2H3,(H,18,20). The number of rotatable bonds is 3. The lowest BCUT2D eigenvalue weighted by atomic mass is 9.87. The lowest BCUT2D eigenvalue weighted by Gasteiger charge is -2.37. The summed E-state index contributed by atoms with van der Waals surface area (Å²) < 4.78 is 4.67. The minimum absolute atomic E-state index is 0.00469. The van der Waals surface area contributed by atoms with Gasteiger partial charge in [-0.1, -0.05) is 29.8 Å². The van der Waals surface area contributed by atoms with Gasteiger partial charge in [-0.2, -0.15) is 5.26 Å². The SMILES string of the molecule is COC(=O)NC1CC(c2cccc(C)c2)CN(CC#N)C1. The number of likely N-dealkylation sites (tertiary alicyclic amines) is 1. The lowest BCUT2D eigenvalue weighted by Crippen LogP contribution is -2.50. The van der Waals surface area contributed by atoms with Crippen molar-refractivity contribution in [3.8, 4) is 6.07 Å². The zero-order valence-electron chi connectivity index (χ0n) is 12.5. The molecule has 1 aromatic carbocycles. The topological polar surface area (TPSA) is 65.4 Å². The van der Waals surface area contributed by atoms with Crippen LogP contribution in [-0.2, 0) is 4.74 Å². The average molecular weight is 287 g/mol. The van der Waals surface area contributed by atoms with Crippen LogP contribution >= 0.6 is 0 Å². The van der Waals surface area contributed by atoms with E-state index in [1.54, 1.807) is 0 Å². The summed E-state index contributed by atoms with van der Waals surface area (Å²) in [6, 6.07) is 10.6. The predicted octanol–water partition coefficient (Wildman–Crippen LogP) is 2.03. The van der Waals surface area contributed by atoms with E-state index in [1.165, 1.54) is 18.2 Å². The summed E-state index contributed by atoms with van der Waals surface area (Å²) >= 11 is 0. The van der Waals surface area contributed by atoms with Gasteiger partial charge in [-0.25, -0.2) is 4.79 Å². The van der Waals surface area contributed by atoms with E-state index in [4.69, 9.17) is 5.26 Å². The van der Waals surface area contributed by atoms with E-state index in [2.05, 4.69) is 52.2 Å². The largest absolute Gasteiger partial charge is 0.453 e. The van der Waals surface area contributed by atoms with E-state index >= 15 is 0 Å². The van der Waals surface area contributed by atoms with Crippen LogP contribution in [0.3, 0.4) is 0 Å². The van der Waals surface area contributed by atoms with Crippen LogP contribution in [0.1, 0.15) is 23.5 Å². The highest BCUT2D eigenvalue weighted by Gasteiger charge is 2.29. The van der Waals surface area contributed by atoms with Gasteiger partial charge in [-0.3, -0.25) is 4.90 Å². The first-order chi connectivity index (χ1) is 10.1. The van der Waals surface area contributed by atoms with Crippen molar-refractivity contribution in [3.63, 3.8) is 0 Å². The minimum Gasteiger partial charge on any atom is -0.453 e. The maximum Gasteiger partial charge on any atom is 0.407 e. The molecule has 2 rings (SSSR count). The molecule has 2 atom stereocenters. The molecule has 1 heterocycles. The van der Waals surface area contributed by atoms with Gasteiger partial charge in [0.15, 0.2) is 0 Å². The van der Waals surface area contributed by atoms with Gasteiger partial charge in [-0.05, 0) is 24.8 Å². The highest BCUT2D eigenvalue weighted by molar-refractivity contribution is 5.67. The van der Waals surface area contributed by atoms with Gasteiger partial charge in [-0.15, -0.1) is 0 Å². The first kappa shape index (κ1) is 15.3. The van der Waals surface area contributed by atoms with Crippen LogP contribution in [0.5, 0.6) is 0 Å².